The molecule has 5 heteroatoms. The number of aromatic carboxylic acids is 1. The van der Waals surface area contributed by atoms with E-state index in [1.807, 2.05) is 12.1 Å². The van der Waals surface area contributed by atoms with Gasteiger partial charge in [0.05, 0.1) is 16.3 Å². The topological polar surface area (TPSA) is 50.2 Å². The van der Waals surface area contributed by atoms with E-state index >= 15 is 0 Å². The average molecular weight is 293 g/mol. The van der Waals surface area contributed by atoms with Crippen molar-refractivity contribution < 1.29 is 9.90 Å². The average Bonchev–Trinajstić information content (AvgIpc) is 2.86. The van der Waals surface area contributed by atoms with Crippen molar-refractivity contribution >= 4 is 29.1 Å². The molecular weight excluding hydrogens is 278 g/mol. The second-order valence-electron chi connectivity index (χ2n) is 4.45. The second-order valence-corrected chi connectivity index (χ2v) is 6.39. The Hall–Kier alpha value is -1.33. The highest BCUT2D eigenvalue weighted by Gasteiger charge is 2.07. The van der Waals surface area contributed by atoms with Gasteiger partial charge in [0.2, 0.25) is 0 Å². The number of thioether (sulfide) groups is 1. The van der Waals surface area contributed by atoms with Crippen LogP contribution in [-0.4, -0.2) is 16.1 Å². The Morgan fingerprint density at radius 3 is 2.58 bits per heavy atom. The van der Waals surface area contributed by atoms with E-state index in [2.05, 4.69) is 24.2 Å². The molecule has 0 fully saturated rings. The number of aromatic nitrogens is 1. The van der Waals surface area contributed by atoms with E-state index < -0.39 is 5.97 Å². The molecule has 0 amide bonds. The summed E-state index contributed by atoms with van der Waals surface area (Å²) in [4.78, 5) is 16.4. The Labute approximate surface area is 120 Å². The molecule has 0 unspecified atom stereocenters. The molecule has 0 saturated carbocycles. The molecule has 0 spiro atoms. The van der Waals surface area contributed by atoms with Crippen LogP contribution in [0.1, 0.15) is 40.8 Å². The van der Waals surface area contributed by atoms with Crippen molar-refractivity contribution in [1.82, 2.24) is 4.98 Å². The molecule has 0 aliphatic heterocycles. The van der Waals surface area contributed by atoms with E-state index in [0.717, 1.165) is 21.3 Å². The first-order chi connectivity index (χ1) is 9.06. The Bertz CT molecular complexity index is 561. The number of nitrogens with zero attached hydrogens (tertiary/aromatic N) is 1. The van der Waals surface area contributed by atoms with Crippen LogP contribution >= 0.6 is 23.1 Å². The van der Waals surface area contributed by atoms with Crippen molar-refractivity contribution in [3.05, 3.63) is 45.9 Å². The summed E-state index contributed by atoms with van der Waals surface area (Å²) in [5, 5.41) is 12.1. The lowest BCUT2D eigenvalue weighted by Gasteiger charge is -2.01. The third-order valence-corrected chi connectivity index (χ3v) is 4.79. The molecule has 1 aromatic heterocycles. The van der Waals surface area contributed by atoms with Gasteiger partial charge in [0.15, 0.2) is 0 Å². The first-order valence-corrected chi connectivity index (χ1v) is 7.83. The molecule has 2 aromatic rings. The fourth-order valence-corrected chi connectivity index (χ4v) is 3.24. The summed E-state index contributed by atoms with van der Waals surface area (Å²) in [5.74, 6) is 0.395. The first kappa shape index (κ1) is 14.1. The van der Waals surface area contributed by atoms with Gasteiger partial charge in [-0.25, -0.2) is 9.78 Å². The van der Waals surface area contributed by atoms with Crippen LogP contribution in [0.4, 0.5) is 0 Å². The molecule has 2 rings (SSSR count). The maximum atomic E-state index is 10.7. The van der Waals surface area contributed by atoms with E-state index in [-0.39, 0.29) is 0 Å². The number of rotatable bonds is 5. The van der Waals surface area contributed by atoms with Crippen molar-refractivity contribution in [2.24, 2.45) is 0 Å². The van der Waals surface area contributed by atoms with Crippen LogP contribution in [0.3, 0.4) is 0 Å². The monoisotopic (exact) mass is 293 g/mol. The summed E-state index contributed by atoms with van der Waals surface area (Å²) in [5.41, 5.74) is 1.40. The van der Waals surface area contributed by atoms with Crippen LogP contribution in [0, 0.1) is 0 Å². The van der Waals surface area contributed by atoms with Gasteiger partial charge >= 0.3 is 5.97 Å². The summed E-state index contributed by atoms with van der Waals surface area (Å²) >= 11 is 3.37. The summed E-state index contributed by atoms with van der Waals surface area (Å²) in [6.07, 6.45) is 0. The number of carbonyl (C=O) groups is 1. The molecule has 1 heterocycles. The standard InChI is InChI=1S/C14H15NO2S2/c1-9(2)13-15-11(8-19-13)7-18-12-5-3-10(4-6-12)14(16)17/h3-6,8-9H,7H2,1-2H3,(H,16,17). The van der Waals surface area contributed by atoms with E-state index in [0.29, 0.717) is 11.5 Å². The van der Waals surface area contributed by atoms with Crippen LogP contribution in [0.25, 0.3) is 0 Å². The Morgan fingerprint density at radius 2 is 2.05 bits per heavy atom. The molecule has 0 radical (unpaired) electrons. The van der Waals surface area contributed by atoms with Crippen LogP contribution in [0.2, 0.25) is 0 Å². The minimum Gasteiger partial charge on any atom is -0.478 e. The maximum absolute atomic E-state index is 10.7. The lowest BCUT2D eigenvalue weighted by atomic mass is 10.2. The molecular formula is C14H15NO2S2. The molecule has 0 aliphatic rings. The molecule has 1 aromatic carbocycles. The van der Waals surface area contributed by atoms with Gasteiger partial charge in [-0.3, -0.25) is 0 Å². The summed E-state index contributed by atoms with van der Waals surface area (Å²) in [7, 11) is 0. The van der Waals surface area contributed by atoms with Crippen LogP contribution in [-0.2, 0) is 5.75 Å². The number of hydrogen-bond acceptors (Lipinski definition) is 4. The van der Waals surface area contributed by atoms with E-state index in [1.54, 1.807) is 35.2 Å². The fraction of sp³-hybridized carbons (Fsp3) is 0.286. The quantitative estimate of drug-likeness (QED) is 0.837. The number of hydrogen-bond donors (Lipinski definition) is 1. The van der Waals surface area contributed by atoms with Gasteiger partial charge in [-0.15, -0.1) is 23.1 Å². The zero-order valence-electron chi connectivity index (χ0n) is 10.8. The summed E-state index contributed by atoms with van der Waals surface area (Å²) in [6.45, 7) is 4.28. The molecule has 0 bridgehead atoms. The van der Waals surface area contributed by atoms with Gasteiger partial charge in [-0.2, -0.15) is 0 Å². The lowest BCUT2D eigenvalue weighted by molar-refractivity contribution is 0.0697. The maximum Gasteiger partial charge on any atom is 0.335 e. The smallest absolute Gasteiger partial charge is 0.335 e. The molecule has 100 valence electrons. The number of benzene rings is 1. The molecule has 1 N–H and O–H groups in total. The minimum atomic E-state index is -0.891. The predicted molar refractivity (Wildman–Crippen MR) is 79.2 cm³/mol. The normalized spacial score (nSPS) is 10.9. The van der Waals surface area contributed by atoms with Crippen LogP contribution in [0.5, 0.6) is 0 Å². The summed E-state index contributed by atoms with van der Waals surface area (Å²) in [6, 6.07) is 6.93. The second kappa shape index (κ2) is 6.21. The Kier molecular flexibility index (Phi) is 4.61. The minimum absolute atomic E-state index is 0.320. The van der Waals surface area contributed by atoms with E-state index in [4.69, 9.17) is 5.11 Å². The number of carboxylic acids is 1. The molecule has 19 heavy (non-hydrogen) atoms. The van der Waals surface area contributed by atoms with Gasteiger partial charge < -0.3 is 5.11 Å². The molecule has 0 aliphatic carbocycles. The highest BCUT2D eigenvalue weighted by molar-refractivity contribution is 7.98. The third kappa shape index (κ3) is 3.81. The lowest BCUT2D eigenvalue weighted by Crippen LogP contribution is -1.94. The Morgan fingerprint density at radius 1 is 1.37 bits per heavy atom. The van der Waals surface area contributed by atoms with E-state index in [1.165, 1.54) is 0 Å². The van der Waals surface area contributed by atoms with Crippen LogP contribution < -0.4 is 0 Å². The van der Waals surface area contributed by atoms with Gasteiger partial charge in [0.25, 0.3) is 0 Å². The number of thiazole rings is 1. The van der Waals surface area contributed by atoms with Crippen LogP contribution in [0.15, 0.2) is 34.5 Å². The fourth-order valence-electron chi connectivity index (χ4n) is 1.51. The highest BCUT2D eigenvalue weighted by Crippen LogP contribution is 2.26. The zero-order chi connectivity index (χ0) is 13.8. The van der Waals surface area contributed by atoms with E-state index in [9.17, 15) is 4.79 Å². The van der Waals surface area contributed by atoms with Gasteiger partial charge in [-0.1, -0.05) is 13.8 Å². The molecule has 0 atom stereocenters. The number of carboxylic acid groups (broad SMARTS) is 1. The first-order valence-electron chi connectivity index (χ1n) is 5.96. The van der Waals surface area contributed by atoms with Crippen molar-refractivity contribution in [2.45, 2.75) is 30.4 Å². The largest absolute Gasteiger partial charge is 0.478 e. The van der Waals surface area contributed by atoms with Gasteiger partial charge in [-0.05, 0) is 24.3 Å². The highest BCUT2D eigenvalue weighted by atomic mass is 32.2. The van der Waals surface area contributed by atoms with Crippen molar-refractivity contribution in [3.8, 4) is 0 Å². The Balaban J connectivity index is 1.96. The van der Waals surface area contributed by atoms with Gasteiger partial charge in [0.1, 0.15) is 0 Å². The van der Waals surface area contributed by atoms with Crippen molar-refractivity contribution in [3.63, 3.8) is 0 Å². The predicted octanol–water partition coefficient (Wildman–Crippen LogP) is 4.26. The van der Waals surface area contributed by atoms with Crippen molar-refractivity contribution in [2.75, 3.05) is 0 Å². The third-order valence-electron chi connectivity index (χ3n) is 2.55. The molecule has 0 saturated heterocycles. The zero-order valence-corrected chi connectivity index (χ0v) is 12.4. The van der Waals surface area contributed by atoms with Gasteiger partial charge in [0, 0.05) is 21.9 Å². The SMILES string of the molecule is CC(C)c1nc(CSc2ccc(C(=O)O)cc2)cs1. The molecule has 3 nitrogen and oxygen atoms in total. The van der Waals surface area contributed by atoms with Crippen molar-refractivity contribution in [1.29, 1.82) is 0 Å². The summed E-state index contributed by atoms with van der Waals surface area (Å²) < 4.78 is 0.